The van der Waals surface area contributed by atoms with Gasteiger partial charge in [0.1, 0.15) is 29.4 Å². The summed E-state index contributed by atoms with van der Waals surface area (Å²) in [5, 5.41) is 50.9. The molecular weight excluding hydrogens is 766 g/mol. The van der Waals surface area contributed by atoms with Gasteiger partial charge in [0.2, 0.25) is 18.5 Å². The minimum atomic E-state index is -2.82. The van der Waals surface area contributed by atoms with Gasteiger partial charge in [0.15, 0.2) is 11.4 Å². The predicted molar refractivity (Wildman–Crippen MR) is 214 cm³/mol. The third kappa shape index (κ3) is 7.31. The lowest BCUT2D eigenvalue weighted by Crippen LogP contribution is -2.65. The van der Waals surface area contributed by atoms with E-state index in [1.165, 1.54) is 25.1 Å². The minimum Gasteiger partial charge on any atom is -0.508 e. The van der Waals surface area contributed by atoms with Gasteiger partial charge in [0, 0.05) is 36.8 Å². The Labute approximate surface area is 339 Å². The number of phenolic OH excluding ortho intramolecular Hbond substituents is 1. The SMILES string of the molecule is CN(C)c1cc(NC(=O)CN(C(=O)OCOC(=O)c2ccc3ccccc3c2)C(C)(C)C)c(O)c2c1C[C@H]1C[C@H]3[C@H](N(C)C)C(=O)C(C(N)=O)=C(O)[C@@]3(O)C(=O)C1=C2O. The highest BCUT2D eigenvalue weighted by molar-refractivity contribution is 6.24. The molecule has 7 N–H and O–H groups in total. The van der Waals surface area contributed by atoms with Crippen LogP contribution in [0.25, 0.3) is 16.5 Å². The Kier molecular flexibility index (Phi) is 11.0. The number of primary amides is 1. The second kappa shape index (κ2) is 15.4. The van der Waals surface area contributed by atoms with Gasteiger partial charge in [-0.05, 0) is 88.2 Å². The van der Waals surface area contributed by atoms with Crippen molar-refractivity contribution >= 4 is 63.3 Å². The van der Waals surface area contributed by atoms with Gasteiger partial charge in [-0.2, -0.15) is 0 Å². The molecular formula is C42H47N5O12. The van der Waals surface area contributed by atoms with E-state index in [0.717, 1.165) is 15.7 Å². The molecule has 3 aromatic carbocycles. The number of fused-ring (bicyclic) bond motifs is 4. The van der Waals surface area contributed by atoms with E-state index < -0.39 is 101 Å². The van der Waals surface area contributed by atoms with Gasteiger partial charge in [0.25, 0.3) is 5.91 Å². The largest absolute Gasteiger partial charge is 0.508 e. The number of Topliss-reactive ketones (excluding diaryl/α,β-unsaturated/α-hetero) is 2. The molecule has 0 aliphatic heterocycles. The Balaban J connectivity index is 1.26. The molecule has 6 rings (SSSR count). The molecule has 0 spiro atoms. The summed E-state index contributed by atoms with van der Waals surface area (Å²) < 4.78 is 10.4. The number of ketones is 2. The number of likely N-dealkylation sites (N-methyl/N-ethyl adjacent to an activating group) is 1. The predicted octanol–water partition coefficient (Wildman–Crippen LogP) is 3.17. The number of esters is 1. The van der Waals surface area contributed by atoms with Crippen LogP contribution >= 0.6 is 0 Å². The molecule has 3 amide bonds. The molecule has 3 aromatic rings. The standard InChI is InChI=1S/C42H47N5O12/c1-41(2,3)47(40(56)59-19-58-39(55)22-13-12-20-10-8-9-11-21(20)14-22)18-28(48)44-26-17-27(45(4)5)24-15-23-16-25-32(46(6)7)35(51)31(38(43)54)37(53)42(25,57)36(52)29(23)34(50)30(24)33(26)49/h8-14,17,23,25,32,49-50,53,57H,15-16,18-19H2,1-7H3,(H2,43,54)(H,44,48)/t23-,25-,32-,42-/m0/s1. The van der Waals surface area contributed by atoms with Gasteiger partial charge in [-0.3, -0.25) is 29.0 Å². The smallest absolute Gasteiger partial charge is 0.413 e. The number of amides is 3. The Hall–Kier alpha value is -6.46. The number of carbonyl (C=O) groups is 6. The molecule has 3 aliphatic carbocycles. The summed E-state index contributed by atoms with van der Waals surface area (Å²) in [7, 11) is 6.39. The van der Waals surface area contributed by atoms with Crippen molar-refractivity contribution in [1.29, 1.82) is 0 Å². The van der Waals surface area contributed by atoms with Gasteiger partial charge in [0.05, 0.1) is 22.9 Å². The zero-order valence-corrected chi connectivity index (χ0v) is 33.7. The molecule has 0 aromatic heterocycles. The number of rotatable bonds is 9. The molecule has 0 radical (unpaired) electrons. The number of aliphatic hydroxyl groups excluding tert-OH is 2. The Morgan fingerprint density at radius 1 is 0.949 bits per heavy atom. The number of benzene rings is 3. The van der Waals surface area contributed by atoms with Crippen LogP contribution in [0.15, 0.2) is 65.4 Å². The molecule has 0 unspecified atom stereocenters. The van der Waals surface area contributed by atoms with Crippen LogP contribution in [0, 0.1) is 11.8 Å². The van der Waals surface area contributed by atoms with E-state index in [1.54, 1.807) is 58.0 Å². The third-order valence-electron chi connectivity index (χ3n) is 11.1. The lowest BCUT2D eigenvalue weighted by molar-refractivity contribution is -0.153. The molecule has 0 bridgehead atoms. The summed E-state index contributed by atoms with van der Waals surface area (Å²) in [6, 6.07) is 12.6. The monoisotopic (exact) mass is 813 g/mol. The summed E-state index contributed by atoms with van der Waals surface area (Å²) in [5.41, 5.74) is 0.932. The fourth-order valence-electron chi connectivity index (χ4n) is 8.31. The van der Waals surface area contributed by atoms with E-state index in [0.29, 0.717) is 11.3 Å². The number of anilines is 2. The van der Waals surface area contributed by atoms with Gasteiger partial charge in [-0.15, -0.1) is 0 Å². The summed E-state index contributed by atoms with van der Waals surface area (Å²) in [6.45, 7) is 3.59. The number of aliphatic hydroxyl groups is 3. The lowest BCUT2D eigenvalue weighted by atomic mass is 9.57. The first-order valence-corrected chi connectivity index (χ1v) is 18.7. The molecule has 0 heterocycles. The number of nitrogens with two attached hydrogens (primary N) is 1. The van der Waals surface area contributed by atoms with Crippen molar-refractivity contribution in [2.75, 3.05) is 51.7 Å². The molecule has 4 atom stereocenters. The van der Waals surface area contributed by atoms with Gasteiger partial charge in [-0.25, -0.2) is 9.59 Å². The second-order valence-electron chi connectivity index (χ2n) is 16.3. The molecule has 0 saturated heterocycles. The highest BCUT2D eigenvalue weighted by Gasteiger charge is 2.64. The van der Waals surface area contributed by atoms with Gasteiger partial charge < -0.3 is 45.9 Å². The summed E-state index contributed by atoms with van der Waals surface area (Å²) in [4.78, 5) is 83.8. The van der Waals surface area contributed by atoms with Crippen LogP contribution in [0.4, 0.5) is 16.2 Å². The van der Waals surface area contributed by atoms with E-state index in [-0.39, 0.29) is 35.2 Å². The van der Waals surface area contributed by atoms with E-state index in [4.69, 9.17) is 15.2 Å². The zero-order valence-electron chi connectivity index (χ0n) is 33.7. The molecule has 59 heavy (non-hydrogen) atoms. The lowest BCUT2D eigenvalue weighted by Gasteiger charge is -2.50. The van der Waals surface area contributed by atoms with Crippen molar-refractivity contribution in [3.05, 3.63) is 82.1 Å². The number of hydrogen-bond donors (Lipinski definition) is 6. The summed E-state index contributed by atoms with van der Waals surface area (Å²) in [5.74, 6) is -9.56. The van der Waals surface area contributed by atoms with Crippen molar-refractivity contribution in [3.8, 4) is 5.75 Å². The number of nitrogens with one attached hydrogen (secondary N) is 1. The first kappa shape index (κ1) is 42.2. The number of nitrogens with zero attached hydrogens (tertiary/aromatic N) is 3. The summed E-state index contributed by atoms with van der Waals surface area (Å²) in [6.07, 6.45) is -1.06. The van der Waals surface area contributed by atoms with Crippen LogP contribution in [0.1, 0.15) is 48.7 Å². The van der Waals surface area contributed by atoms with E-state index >= 15 is 0 Å². The van der Waals surface area contributed by atoms with E-state index in [2.05, 4.69) is 5.32 Å². The number of phenols is 1. The zero-order chi connectivity index (χ0) is 43.5. The molecule has 312 valence electrons. The number of hydrogen-bond acceptors (Lipinski definition) is 14. The number of carbonyl (C=O) groups excluding carboxylic acids is 6. The second-order valence-corrected chi connectivity index (χ2v) is 16.3. The number of aromatic hydroxyl groups is 1. The molecule has 1 fully saturated rings. The highest BCUT2D eigenvalue weighted by atomic mass is 16.7. The minimum absolute atomic E-state index is 0.0267. The summed E-state index contributed by atoms with van der Waals surface area (Å²) >= 11 is 0. The molecule has 17 nitrogen and oxygen atoms in total. The normalized spacial score (nSPS) is 21.4. The van der Waals surface area contributed by atoms with Crippen molar-refractivity contribution in [2.24, 2.45) is 17.6 Å². The Morgan fingerprint density at radius 3 is 2.22 bits per heavy atom. The van der Waals surface area contributed by atoms with Crippen LogP contribution in [0.2, 0.25) is 0 Å². The van der Waals surface area contributed by atoms with Crippen LogP contribution in [0.3, 0.4) is 0 Å². The van der Waals surface area contributed by atoms with Crippen LogP contribution in [0.5, 0.6) is 5.75 Å². The number of ether oxygens (including phenoxy) is 2. The van der Waals surface area contributed by atoms with Crippen molar-refractivity contribution in [1.82, 2.24) is 9.80 Å². The maximum Gasteiger partial charge on any atom is 0.413 e. The van der Waals surface area contributed by atoms with Gasteiger partial charge >= 0.3 is 12.1 Å². The Bertz CT molecular complexity index is 2380. The average Bonchev–Trinajstić information content (AvgIpc) is 3.15. The van der Waals surface area contributed by atoms with Crippen molar-refractivity contribution in [3.63, 3.8) is 0 Å². The maximum absolute atomic E-state index is 14.3. The first-order valence-electron chi connectivity index (χ1n) is 18.7. The van der Waals surface area contributed by atoms with Crippen molar-refractivity contribution < 1.29 is 58.7 Å². The molecule has 17 heteroatoms. The molecule has 1 saturated carbocycles. The first-order chi connectivity index (χ1) is 27.6. The fourth-order valence-corrected chi connectivity index (χ4v) is 8.31. The van der Waals surface area contributed by atoms with E-state index in [9.17, 15) is 49.2 Å². The maximum atomic E-state index is 14.3. The van der Waals surface area contributed by atoms with Gasteiger partial charge in [-0.1, -0.05) is 30.3 Å². The topological polar surface area (TPSA) is 250 Å². The Morgan fingerprint density at radius 2 is 1.61 bits per heavy atom. The van der Waals surface area contributed by atoms with Crippen LogP contribution < -0.4 is 16.0 Å². The average molecular weight is 814 g/mol. The van der Waals surface area contributed by atoms with E-state index in [1.807, 2.05) is 24.3 Å². The van der Waals surface area contributed by atoms with Crippen LogP contribution in [-0.2, 0) is 35.1 Å². The fraction of sp³-hybridized carbons (Fsp3) is 0.381. The van der Waals surface area contributed by atoms with Crippen LogP contribution in [-0.4, -0.2) is 124 Å². The third-order valence-corrected chi connectivity index (χ3v) is 11.1. The highest BCUT2D eigenvalue weighted by Crippen LogP contribution is 2.54. The molecule has 3 aliphatic rings. The quantitative estimate of drug-likeness (QED) is 0.0787. The van der Waals surface area contributed by atoms with Crippen molar-refractivity contribution in [2.45, 2.75) is 50.8 Å².